The Morgan fingerprint density at radius 3 is 2.30 bits per heavy atom. The number of carbonyl (C=O) groups excluding carboxylic acids is 1. The van der Waals surface area contributed by atoms with Gasteiger partial charge in [-0.25, -0.2) is 9.79 Å². The third-order valence-corrected chi connectivity index (χ3v) is 8.23. The first kappa shape index (κ1) is 30.7. The number of benzene rings is 2. The Labute approximate surface area is 245 Å². The highest BCUT2D eigenvalue weighted by atomic mass is 19.4. The minimum atomic E-state index is -5.02. The molecule has 0 bridgehead atoms. The van der Waals surface area contributed by atoms with Crippen LogP contribution in [-0.2, 0) is 21.8 Å². The predicted octanol–water partition coefficient (Wildman–Crippen LogP) is 7.78. The summed E-state index contributed by atoms with van der Waals surface area (Å²) in [7, 11) is 1.56. The molecule has 1 fully saturated rings. The van der Waals surface area contributed by atoms with Crippen molar-refractivity contribution in [2.75, 3.05) is 26.8 Å². The third kappa shape index (κ3) is 6.33. The summed E-state index contributed by atoms with van der Waals surface area (Å²) >= 11 is 0. The van der Waals surface area contributed by atoms with Crippen molar-refractivity contribution in [3.8, 4) is 5.75 Å². The van der Waals surface area contributed by atoms with E-state index in [9.17, 15) is 31.1 Å². The summed E-state index contributed by atoms with van der Waals surface area (Å²) in [5.41, 5.74) is -1.89. The lowest BCUT2D eigenvalue weighted by Crippen LogP contribution is -2.40. The van der Waals surface area contributed by atoms with Gasteiger partial charge < -0.3 is 19.1 Å². The monoisotopic (exact) mass is 610 g/mol. The van der Waals surface area contributed by atoms with Crippen LogP contribution >= 0.6 is 0 Å². The molecule has 5 rings (SSSR count). The van der Waals surface area contributed by atoms with Gasteiger partial charge in [-0.3, -0.25) is 0 Å². The van der Waals surface area contributed by atoms with E-state index in [-0.39, 0.29) is 35.4 Å². The van der Waals surface area contributed by atoms with Crippen LogP contribution in [-0.4, -0.2) is 49.7 Å². The van der Waals surface area contributed by atoms with Gasteiger partial charge in [-0.05, 0) is 66.6 Å². The fourth-order valence-corrected chi connectivity index (χ4v) is 6.15. The fourth-order valence-electron chi connectivity index (χ4n) is 6.15. The second-order valence-electron chi connectivity index (χ2n) is 11.9. The summed E-state index contributed by atoms with van der Waals surface area (Å²) in [5.74, 6) is 0.741. The van der Waals surface area contributed by atoms with E-state index in [0.29, 0.717) is 43.4 Å². The Bertz CT molecular complexity index is 1420. The van der Waals surface area contributed by atoms with E-state index in [1.807, 2.05) is 18.2 Å². The minimum absolute atomic E-state index is 0.0629. The summed E-state index contributed by atoms with van der Waals surface area (Å²) in [6, 6.07) is 6.09. The highest BCUT2D eigenvalue weighted by Gasteiger charge is 2.45. The molecule has 6 nitrogen and oxygen atoms in total. The van der Waals surface area contributed by atoms with Gasteiger partial charge in [-0.1, -0.05) is 26.0 Å². The van der Waals surface area contributed by atoms with Gasteiger partial charge in [0.05, 0.1) is 30.8 Å². The van der Waals surface area contributed by atoms with Crippen LogP contribution in [0.15, 0.2) is 53.5 Å². The molecule has 1 saturated heterocycles. The standard InChI is InChI=1S/C31H32F6N2O4/c1-17-26(19-11-21(30(32,33)34)14-22(12-19)31(35,36)37)43-28(40)39(17)16-20-15-29(2,3)8-7-23(20)24-13-18(5-6-25(24)41-4)27-38-9-10-42-27/h5-8,11-14,17,20,23,26H,9-10,15-16H2,1-4H3/t17-,20?,23?,26-/m0/s1. The molecular formula is C31H32F6N2O4. The maximum Gasteiger partial charge on any atom is 0.416 e. The van der Waals surface area contributed by atoms with Crippen LogP contribution in [0.25, 0.3) is 0 Å². The summed E-state index contributed by atoms with van der Waals surface area (Å²) in [6.07, 6.45) is -7.36. The van der Waals surface area contributed by atoms with Gasteiger partial charge in [-0.15, -0.1) is 0 Å². The Balaban J connectivity index is 1.47. The Hall–Kier alpha value is -3.70. The number of alkyl halides is 6. The molecule has 0 radical (unpaired) electrons. The largest absolute Gasteiger partial charge is 0.496 e. The van der Waals surface area contributed by atoms with Crippen LogP contribution in [0.1, 0.15) is 67.0 Å². The van der Waals surface area contributed by atoms with Crippen molar-refractivity contribution < 1.29 is 45.3 Å². The van der Waals surface area contributed by atoms with Crippen molar-refractivity contribution in [3.63, 3.8) is 0 Å². The van der Waals surface area contributed by atoms with Crippen LogP contribution < -0.4 is 4.74 Å². The topological polar surface area (TPSA) is 60.4 Å². The molecule has 0 aromatic heterocycles. The number of aliphatic imine (C=N–C) groups is 1. The molecule has 2 aliphatic heterocycles. The third-order valence-electron chi connectivity index (χ3n) is 8.23. The van der Waals surface area contributed by atoms with Gasteiger partial charge in [0, 0.05) is 23.6 Å². The lowest BCUT2D eigenvalue weighted by atomic mass is 9.69. The summed E-state index contributed by atoms with van der Waals surface area (Å²) in [5, 5.41) is 0. The highest BCUT2D eigenvalue weighted by molar-refractivity contribution is 5.95. The van der Waals surface area contributed by atoms with Gasteiger partial charge in [0.1, 0.15) is 18.5 Å². The Morgan fingerprint density at radius 1 is 1.05 bits per heavy atom. The van der Waals surface area contributed by atoms with E-state index in [0.717, 1.165) is 11.1 Å². The maximum atomic E-state index is 13.5. The van der Waals surface area contributed by atoms with Crippen molar-refractivity contribution >= 4 is 12.0 Å². The first-order valence-corrected chi connectivity index (χ1v) is 13.9. The summed E-state index contributed by atoms with van der Waals surface area (Å²) < 4.78 is 98.0. The summed E-state index contributed by atoms with van der Waals surface area (Å²) in [4.78, 5) is 18.9. The molecule has 43 heavy (non-hydrogen) atoms. The average Bonchev–Trinajstić information content (AvgIpc) is 3.56. The van der Waals surface area contributed by atoms with E-state index in [4.69, 9.17) is 14.2 Å². The maximum absolute atomic E-state index is 13.5. The molecule has 2 unspecified atom stereocenters. The van der Waals surface area contributed by atoms with E-state index < -0.39 is 41.7 Å². The van der Waals surface area contributed by atoms with Crippen LogP contribution in [0.2, 0.25) is 0 Å². The van der Waals surface area contributed by atoms with Crippen molar-refractivity contribution in [2.45, 2.75) is 57.6 Å². The lowest BCUT2D eigenvalue weighted by Gasteiger charge is -2.39. The normalized spacial score (nSPS) is 25.4. The molecule has 2 heterocycles. The van der Waals surface area contributed by atoms with Crippen molar-refractivity contribution in [2.24, 2.45) is 16.3 Å². The SMILES string of the molecule is COc1ccc(C2=NCCO2)cc1C1C=CC(C)(C)CC1CN1C(=O)O[C@H](c2cc(C(F)(F)F)cc(C(F)(F)F)c2)[C@@H]1C. The number of hydrogen-bond acceptors (Lipinski definition) is 5. The second kappa shape index (κ2) is 11.1. The smallest absolute Gasteiger partial charge is 0.416 e. The number of allylic oxidation sites excluding steroid dienone is 2. The number of cyclic esters (lactones) is 1. The molecule has 3 aliphatic rings. The predicted molar refractivity (Wildman–Crippen MR) is 146 cm³/mol. The molecule has 232 valence electrons. The van der Waals surface area contributed by atoms with E-state index in [1.165, 1.54) is 4.90 Å². The molecule has 0 spiro atoms. The van der Waals surface area contributed by atoms with E-state index in [1.54, 1.807) is 14.0 Å². The van der Waals surface area contributed by atoms with E-state index in [2.05, 4.69) is 31.0 Å². The molecule has 2 aromatic carbocycles. The molecule has 2 aromatic rings. The van der Waals surface area contributed by atoms with Gasteiger partial charge >= 0.3 is 18.4 Å². The van der Waals surface area contributed by atoms with Crippen LogP contribution in [0, 0.1) is 11.3 Å². The first-order chi connectivity index (χ1) is 20.1. The van der Waals surface area contributed by atoms with Gasteiger partial charge in [0.25, 0.3) is 0 Å². The average molecular weight is 611 g/mol. The highest BCUT2D eigenvalue weighted by Crippen LogP contribution is 2.47. The molecule has 4 atom stereocenters. The number of rotatable bonds is 6. The van der Waals surface area contributed by atoms with Gasteiger partial charge in [0.2, 0.25) is 5.90 Å². The zero-order chi connectivity index (χ0) is 31.3. The molecule has 0 saturated carbocycles. The van der Waals surface area contributed by atoms with Crippen molar-refractivity contribution in [1.29, 1.82) is 0 Å². The molecular weight excluding hydrogens is 578 g/mol. The minimum Gasteiger partial charge on any atom is -0.496 e. The quantitative estimate of drug-likeness (QED) is 0.248. The number of hydrogen-bond donors (Lipinski definition) is 0. The fraction of sp³-hybridized carbons (Fsp3) is 0.484. The number of carbonyl (C=O) groups is 1. The zero-order valence-corrected chi connectivity index (χ0v) is 24.1. The Kier molecular flexibility index (Phi) is 7.93. The number of amides is 1. The Morgan fingerprint density at radius 2 is 1.72 bits per heavy atom. The van der Waals surface area contributed by atoms with Crippen LogP contribution in [0.3, 0.4) is 0 Å². The van der Waals surface area contributed by atoms with Gasteiger partial charge in [-0.2, -0.15) is 26.3 Å². The van der Waals surface area contributed by atoms with Crippen LogP contribution in [0.5, 0.6) is 5.75 Å². The number of ether oxygens (including phenoxy) is 3. The molecule has 1 aliphatic carbocycles. The number of nitrogens with zero attached hydrogens (tertiary/aromatic N) is 2. The van der Waals surface area contributed by atoms with E-state index >= 15 is 0 Å². The van der Waals surface area contributed by atoms with Gasteiger partial charge in [0.15, 0.2) is 0 Å². The second-order valence-corrected chi connectivity index (χ2v) is 11.9. The van der Waals surface area contributed by atoms with Crippen molar-refractivity contribution in [1.82, 2.24) is 4.90 Å². The van der Waals surface area contributed by atoms with Crippen LogP contribution in [0.4, 0.5) is 31.1 Å². The van der Waals surface area contributed by atoms with Crippen molar-refractivity contribution in [3.05, 3.63) is 76.4 Å². The zero-order valence-electron chi connectivity index (χ0n) is 24.1. The number of methoxy groups -OCH3 is 1. The summed E-state index contributed by atoms with van der Waals surface area (Å²) in [6.45, 7) is 6.88. The number of halogens is 6. The molecule has 1 amide bonds. The lowest BCUT2D eigenvalue weighted by molar-refractivity contribution is -0.143. The molecule has 12 heteroatoms. The first-order valence-electron chi connectivity index (χ1n) is 13.9. The molecule has 0 N–H and O–H groups in total.